The van der Waals surface area contributed by atoms with Crippen molar-refractivity contribution < 1.29 is 4.42 Å². The van der Waals surface area contributed by atoms with Gasteiger partial charge in [0.2, 0.25) is 11.4 Å². The van der Waals surface area contributed by atoms with Crippen molar-refractivity contribution in [1.29, 1.82) is 0 Å². The van der Waals surface area contributed by atoms with Crippen LogP contribution in [-0.2, 0) is 0 Å². The van der Waals surface area contributed by atoms with E-state index in [1.807, 2.05) is 0 Å². The average molecular weight is 215 g/mol. The molecule has 76 valence electrons. The van der Waals surface area contributed by atoms with Gasteiger partial charge in [0.05, 0.1) is 0 Å². The molecule has 0 unspecified atom stereocenters. The molecule has 10 nitrogen and oxygen atoms in total. The van der Waals surface area contributed by atoms with E-state index >= 15 is 0 Å². The van der Waals surface area contributed by atoms with Gasteiger partial charge in [-0.1, -0.05) is 5.21 Å². The van der Waals surface area contributed by atoms with Crippen LogP contribution in [0.15, 0.2) is 4.42 Å². The van der Waals surface area contributed by atoms with Gasteiger partial charge in [0.25, 0.3) is 5.71 Å². The summed E-state index contributed by atoms with van der Waals surface area (Å²) in [6.45, 7) is 0. The molecule has 0 bridgehead atoms. The molecule has 4 heterocycles. The van der Waals surface area contributed by atoms with E-state index in [0.29, 0.717) is 33.5 Å². The Kier molecular flexibility index (Phi) is 1.13. The Hall–Kier alpha value is -2.78. The maximum absolute atomic E-state index is 5.35. The van der Waals surface area contributed by atoms with Gasteiger partial charge < -0.3 is 4.42 Å². The molecule has 0 spiro atoms. The second-order valence-corrected chi connectivity index (χ2v) is 3.01. The number of nitrogens with one attached hydrogen (secondary N) is 1. The SMILES string of the molecule is n1nnc2c(n1)nc1oc3n[nH]nnc3c12. The molecule has 0 aromatic carbocycles. The molecule has 4 aromatic heterocycles. The van der Waals surface area contributed by atoms with Crippen molar-refractivity contribution in [1.82, 2.24) is 46.2 Å². The molecule has 0 fully saturated rings. The van der Waals surface area contributed by atoms with E-state index < -0.39 is 0 Å². The zero-order valence-corrected chi connectivity index (χ0v) is 7.49. The minimum atomic E-state index is 0.313. The largest absolute Gasteiger partial charge is 0.416 e. The maximum Gasteiger partial charge on any atom is 0.268 e. The highest BCUT2D eigenvalue weighted by Crippen LogP contribution is 2.28. The number of aromatic nitrogens is 9. The monoisotopic (exact) mass is 215 g/mol. The molecule has 0 radical (unpaired) electrons. The molecular formula is C6HN9O. The fourth-order valence-corrected chi connectivity index (χ4v) is 1.55. The lowest BCUT2D eigenvalue weighted by Crippen LogP contribution is -1.92. The smallest absolute Gasteiger partial charge is 0.268 e. The highest BCUT2D eigenvalue weighted by atomic mass is 16.4. The van der Waals surface area contributed by atoms with Crippen LogP contribution in [-0.4, -0.2) is 46.2 Å². The van der Waals surface area contributed by atoms with Gasteiger partial charge in [-0.25, -0.2) is 0 Å². The molecule has 0 atom stereocenters. The Balaban J connectivity index is 2.38. The minimum absolute atomic E-state index is 0.313. The van der Waals surface area contributed by atoms with Crippen molar-refractivity contribution >= 4 is 33.5 Å². The first kappa shape index (κ1) is 7.50. The van der Waals surface area contributed by atoms with Crippen LogP contribution in [0.5, 0.6) is 0 Å². The van der Waals surface area contributed by atoms with Gasteiger partial charge in [0.15, 0.2) is 5.52 Å². The van der Waals surface area contributed by atoms with Crippen LogP contribution in [0.25, 0.3) is 33.5 Å². The van der Waals surface area contributed by atoms with Crippen molar-refractivity contribution in [2.24, 2.45) is 0 Å². The molecule has 4 aromatic rings. The predicted octanol–water partition coefficient (Wildman–Crippen LogP) is -0.773. The normalized spacial score (nSPS) is 11.8. The Bertz CT molecular complexity index is 751. The van der Waals surface area contributed by atoms with Gasteiger partial charge in [-0.15, -0.1) is 20.4 Å². The van der Waals surface area contributed by atoms with E-state index in [1.165, 1.54) is 0 Å². The van der Waals surface area contributed by atoms with Gasteiger partial charge in [0, 0.05) is 0 Å². The molecule has 10 heteroatoms. The lowest BCUT2D eigenvalue weighted by Gasteiger charge is -1.84. The van der Waals surface area contributed by atoms with Crippen LogP contribution in [0, 0.1) is 0 Å². The summed E-state index contributed by atoms with van der Waals surface area (Å²) >= 11 is 0. The van der Waals surface area contributed by atoms with Gasteiger partial charge in [-0.3, -0.25) is 0 Å². The van der Waals surface area contributed by atoms with E-state index in [4.69, 9.17) is 4.42 Å². The third kappa shape index (κ3) is 0.762. The fourth-order valence-electron chi connectivity index (χ4n) is 1.55. The highest BCUT2D eigenvalue weighted by Gasteiger charge is 2.18. The van der Waals surface area contributed by atoms with Gasteiger partial charge in [-0.05, 0) is 10.4 Å². The number of aromatic amines is 1. The summed E-state index contributed by atoms with van der Waals surface area (Å²) in [4.78, 5) is 4.09. The lowest BCUT2D eigenvalue weighted by atomic mass is 10.3. The summed E-state index contributed by atoms with van der Waals surface area (Å²) in [6.07, 6.45) is 0. The molecule has 1 N–H and O–H groups in total. The summed E-state index contributed by atoms with van der Waals surface area (Å²) in [6, 6.07) is 0. The van der Waals surface area contributed by atoms with Crippen LogP contribution < -0.4 is 0 Å². The lowest BCUT2D eigenvalue weighted by molar-refractivity contribution is 0.619. The van der Waals surface area contributed by atoms with Crippen molar-refractivity contribution in [3.05, 3.63) is 0 Å². The highest BCUT2D eigenvalue weighted by molar-refractivity contribution is 6.13. The fraction of sp³-hybridized carbons (Fsp3) is 0. The number of hydrogen-bond donors (Lipinski definition) is 1. The van der Waals surface area contributed by atoms with E-state index in [2.05, 4.69) is 46.2 Å². The molecule has 0 saturated heterocycles. The second kappa shape index (κ2) is 2.42. The number of furan rings is 1. The molecule has 0 aliphatic carbocycles. The van der Waals surface area contributed by atoms with E-state index in [9.17, 15) is 0 Å². The van der Waals surface area contributed by atoms with Crippen molar-refractivity contribution in [2.75, 3.05) is 0 Å². The first-order valence-corrected chi connectivity index (χ1v) is 4.25. The van der Waals surface area contributed by atoms with Gasteiger partial charge >= 0.3 is 0 Å². The summed E-state index contributed by atoms with van der Waals surface area (Å²) in [5.74, 6) is 0. The summed E-state index contributed by atoms with van der Waals surface area (Å²) in [5, 5.41) is 28.6. The molecule has 0 aliphatic heterocycles. The quantitative estimate of drug-likeness (QED) is 0.401. The molecule has 0 saturated carbocycles. The number of fused-ring (bicyclic) bond motifs is 5. The number of H-pyrrole nitrogens is 1. The van der Waals surface area contributed by atoms with Crippen LogP contribution in [0.3, 0.4) is 0 Å². The Morgan fingerprint density at radius 1 is 0.938 bits per heavy atom. The van der Waals surface area contributed by atoms with Crippen LogP contribution in [0.4, 0.5) is 0 Å². The van der Waals surface area contributed by atoms with Crippen LogP contribution >= 0.6 is 0 Å². The second-order valence-electron chi connectivity index (χ2n) is 3.01. The number of hydrogen-bond acceptors (Lipinski definition) is 9. The number of rotatable bonds is 0. The standard InChI is InChI=1S/C6HN9O/c7-4-2(8-12-14-10-4)1-3-6(16-5(1)7)11-15-13-9-3/h(H,9,15). The Morgan fingerprint density at radius 3 is 2.88 bits per heavy atom. The molecule has 0 amide bonds. The third-order valence-electron chi connectivity index (χ3n) is 2.17. The molecular weight excluding hydrogens is 214 g/mol. The summed E-state index contributed by atoms with van der Waals surface area (Å²) < 4.78 is 5.35. The third-order valence-corrected chi connectivity index (χ3v) is 2.17. The van der Waals surface area contributed by atoms with Gasteiger partial charge in [-0.2, -0.15) is 10.2 Å². The van der Waals surface area contributed by atoms with E-state index in [0.717, 1.165) is 0 Å². The first-order chi connectivity index (χ1) is 7.93. The van der Waals surface area contributed by atoms with Gasteiger partial charge in [0.1, 0.15) is 10.9 Å². The molecule has 16 heavy (non-hydrogen) atoms. The van der Waals surface area contributed by atoms with Crippen LogP contribution in [0.1, 0.15) is 0 Å². The van der Waals surface area contributed by atoms with Crippen LogP contribution in [0.2, 0.25) is 0 Å². The summed E-state index contributed by atoms with van der Waals surface area (Å²) in [5.41, 5.74) is 1.97. The molecule has 4 rings (SSSR count). The van der Waals surface area contributed by atoms with Crippen molar-refractivity contribution in [3.63, 3.8) is 0 Å². The zero-order chi connectivity index (χ0) is 10.5. The average Bonchev–Trinajstić information content (AvgIpc) is 2.83. The van der Waals surface area contributed by atoms with E-state index in [1.54, 1.807) is 0 Å². The van der Waals surface area contributed by atoms with Crippen molar-refractivity contribution in [2.45, 2.75) is 0 Å². The van der Waals surface area contributed by atoms with E-state index in [-0.39, 0.29) is 0 Å². The topological polar surface area (TPSA) is 132 Å². The number of nitrogens with zero attached hydrogens (tertiary/aromatic N) is 8. The zero-order valence-electron chi connectivity index (χ0n) is 7.49. The van der Waals surface area contributed by atoms with Crippen molar-refractivity contribution in [3.8, 4) is 0 Å². The summed E-state index contributed by atoms with van der Waals surface area (Å²) in [7, 11) is 0. The molecule has 0 aliphatic rings. The maximum atomic E-state index is 5.35. The Labute approximate surface area is 85.0 Å². The first-order valence-electron chi connectivity index (χ1n) is 4.25. The predicted molar refractivity (Wildman–Crippen MR) is 47.9 cm³/mol. The Morgan fingerprint density at radius 2 is 1.88 bits per heavy atom. The minimum Gasteiger partial charge on any atom is -0.416 e.